The fourth-order valence-corrected chi connectivity index (χ4v) is 0.250. The lowest BCUT2D eigenvalue weighted by molar-refractivity contribution is 0.405. The van der Waals surface area contributed by atoms with Gasteiger partial charge in [0.1, 0.15) is 0 Å². The Hall–Kier alpha value is 0.137. The lowest BCUT2D eigenvalue weighted by Gasteiger charge is -2.15. The Bertz CT molecular complexity index is 49.7. The van der Waals surface area contributed by atoms with Gasteiger partial charge in [0.15, 0.2) is 8.32 Å². The highest BCUT2D eigenvalue weighted by atomic mass is 28.4. The molecule has 0 aromatic heterocycles. The molecule has 0 heterocycles. The quantitative estimate of drug-likeness (QED) is 0.532. The van der Waals surface area contributed by atoms with Crippen molar-refractivity contribution < 1.29 is 4.43 Å². The molecular formula is C4H13NOSi. The molecule has 0 spiro atoms. The van der Waals surface area contributed by atoms with E-state index in [0.717, 1.165) is 0 Å². The molecule has 0 aromatic rings. The summed E-state index contributed by atoms with van der Waals surface area (Å²) in [6.45, 7) is 4.18. The molecule has 0 atom stereocenters. The van der Waals surface area contributed by atoms with Crippen molar-refractivity contribution in [2.75, 3.05) is 13.3 Å². The summed E-state index contributed by atoms with van der Waals surface area (Å²) >= 11 is 0. The van der Waals surface area contributed by atoms with Crippen LogP contribution in [-0.4, -0.2) is 21.6 Å². The smallest absolute Gasteiger partial charge is 0.199 e. The Morgan fingerprint density at radius 3 is 2.00 bits per heavy atom. The van der Waals surface area contributed by atoms with E-state index in [-0.39, 0.29) is 0 Å². The number of rotatable bonds is 2. The molecule has 0 aliphatic carbocycles. The molecule has 7 heavy (non-hydrogen) atoms. The molecule has 2 N–H and O–H groups in total. The highest BCUT2D eigenvalue weighted by Gasteiger charge is 2.16. The van der Waals surface area contributed by atoms with Crippen LogP contribution >= 0.6 is 0 Å². The summed E-state index contributed by atoms with van der Waals surface area (Å²) in [6, 6.07) is 0. The second kappa shape index (κ2) is 2.45. The lowest BCUT2D eigenvalue weighted by Crippen LogP contribution is -2.38. The molecule has 0 bridgehead atoms. The summed E-state index contributed by atoms with van der Waals surface area (Å²) in [5.74, 6) is 0. The Morgan fingerprint density at radius 2 is 2.00 bits per heavy atom. The Balaban J connectivity index is 3.36. The van der Waals surface area contributed by atoms with Crippen LogP contribution in [0.3, 0.4) is 0 Å². The first-order chi connectivity index (χ1) is 3.12. The maximum atomic E-state index is 5.35. The predicted octanol–water partition coefficient (Wildman–Crippen LogP) is 0.336. The molecule has 0 aromatic carbocycles. The monoisotopic (exact) mass is 119 g/mol. The van der Waals surface area contributed by atoms with E-state index in [1.807, 2.05) is 0 Å². The Morgan fingerprint density at radius 1 is 1.57 bits per heavy atom. The molecule has 0 radical (unpaired) electrons. The van der Waals surface area contributed by atoms with Gasteiger partial charge < -0.3 is 10.2 Å². The molecule has 44 valence electrons. The fourth-order valence-electron chi connectivity index (χ4n) is 0.0833. The van der Waals surface area contributed by atoms with Crippen molar-refractivity contribution in [3.8, 4) is 0 Å². The van der Waals surface area contributed by atoms with E-state index >= 15 is 0 Å². The van der Waals surface area contributed by atoms with E-state index in [1.165, 1.54) is 0 Å². The molecule has 0 rings (SSSR count). The van der Waals surface area contributed by atoms with Crippen LogP contribution in [0.15, 0.2) is 0 Å². The van der Waals surface area contributed by atoms with Crippen LogP contribution in [0.5, 0.6) is 0 Å². The van der Waals surface area contributed by atoms with Gasteiger partial charge in [-0.3, -0.25) is 0 Å². The molecular weight excluding hydrogens is 106 g/mol. The minimum atomic E-state index is -1.37. The summed E-state index contributed by atoms with van der Waals surface area (Å²) in [4.78, 5) is 0. The molecule has 0 aliphatic heterocycles. The van der Waals surface area contributed by atoms with Gasteiger partial charge >= 0.3 is 0 Å². The van der Waals surface area contributed by atoms with Gasteiger partial charge in [0.05, 0.1) is 0 Å². The minimum Gasteiger partial charge on any atom is -0.419 e. The third kappa shape index (κ3) is 2.79. The van der Waals surface area contributed by atoms with Crippen LogP contribution in [0.25, 0.3) is 0 Å². The van der Waals surface area contributed by atoms with Crippen molar-refractivity contribution in [2.45, 2.75) is 13.1 Å². The van der Waals surface area contributed by atoms with Gasteiger partial charge in [-0.2, -0.15) is 0 Å². The van der Waals surface area contributed by atoms with Gasteiger partial charge in [0.2, 0.25) is 0 Å². The zero-order valence-corrected chi connectivity index (χ0v) is 6.19. The first kappa shape index (κ1) is 7.14. The van der Waals surface area contributed by atoms with Crippen LogP contribution in [-0.2, 0) is 4.43 Å². The Kier molecular flexibility index (Phi) is 2.49. The maximum absolute atomic E-state index is 5.35. The standard InChI is InChI=1S/C4H13NOSi/c1-6-7(2,3)4-5/h4-5H2,1-3H3. The van der Waals surface area contributed by atoms with E-state index in [0.29, 0.717) is 6.17 Å². The van der Waals surface area contributed by atoms with Crippen LogP contribution in [0.2, 0.25) is 13.1 Å². The van der Waals surface area contributed by atoms with E-state index in [4.69, 9.17) is 10.2 Å². The first-order valence-corrected chi connectivity index (χ1v) is 5.49. The minimum absolute atomic E-state index is 0.712. The topological polar surface area (TPSA) is 35.2 Å². The van der Waals surface area contributed by atoms with Crippen LogP contribution in [0.1, 0.15) is 0 Å². The predicted molar refractivity (Wildman–Crippen MR) is 33.5 cm³/mol. The second-order valence-electron chi connectivity index (χ2n) is 2.17. The van der Waals surface area contributed by atoms with Gasteiger partial charge in [0.25, 0.3) is 0 Å². The second-order valence-corrected chi connectivity index (χ2v) is 6.50. The van der Waals surface area contributed by atoms with Crippen molar-refractivity contribution >= 4 is 8.32 Å². The third-order valence-electron chi connectivity index (χ3n) is 1.04. The normalized spacial score (nSPS) is 12.0. The van der Waals surface area contributed by atoms with Crippen LogP contribution in [0, 0.1) is 0 Å². The van der Waals surface area contributed by atoms with Gasteiger partial charge in [0, 0.05) is 13.3 Å². The molecule has 0 amide bonds. The molecule has 0 aliphatic rings. The highest BCUT2D eigenvalue weighted by Crippen LogP contribution is 1.96. The molecule has 0 unspecified atom stereocenters. The average Bonchev–Trinajstić information content (AvgIpc) is 1.68. The van der Waals surface area contributed by atoms with Gasteiger partial charge in [-0.25, -0.2) is 0 Å². The third-order valence-corrected chi connectivity index (χ3v) is 3.13. The first-order valence-electron chi connectivity index (χ1n) is 2.37. The zero-order chi connectivity index (χ0) is 5.91. The summed E-state index contributed by atoms with van der Waals surface area (Å²) in [5.41, 5.74) is 5.35. The zero-order valence-electron chi connectivity index (χ0n) is 5.19. The molecule has 3 heteroatoms. The van der Waals surface area contributed by atoms with Crippen molar-refractivity contribution in [1.29, 1.82) is 0 Å². The maximum Gasteiger partial charge on any atom is 0.199 e. The summed E-state index contributed by atoms with van der Waals surface area (Å²) in [6.07, 6.45) is 0.712. The van der Waals surface area contributed by atoms with Gasteiger partial charge in [-0.05, 0) is 13.1 Å². The van der Waals surface area contributed by atoms with Crippen molar-refractivity contribution in [3.05, 3.63) is 0 Å². The summed E-state index contributed by atoms with van der Waals surface area (Å²) < 4.78 is 5.10. The van der Waals surface area contributed by atoms with Crippen molar-refractivity contribution in [1.82, 2.24) is 0 Å². The van der Waals surface area contributed by atoms with Gasteiger partial charge in [-0.15, -0.1) is 0 Å². The fraction of sp³-hybridized carbons (Fsp3) is 1.00. The molecule has 0 saturated carbocycles. The number of hydrogen-bond acceptors (Lipinski definition) is 2. The average molecular weight is 119 g/mol. The van der Waals surface area contributed by atoms with Crippen molar-refractivity contribution in [2.24, 2.45) is 5.73 Å². The molecule has 0 fully saturated rings. The number of hydrogen-bond donors (Lipinski definition) is 1. The number of nitrogens with two attached hydrogens (primary N) is 1. The van der Waals surface area contributed by atoms with E-state index < -0.39 is 8.32 Å². The molecule has 0 saturated heterocycles. The highest BCUT2D eigenvalue weighted by molar-refractivity contribution is 6.71. The summed E-state index contributed by atoms with van der Waals surface area (Å²) in [5, 5.41) is 0. The van der Waals surface area contributed by atoms with Crippen LogP contribution in [0.4, 0.5) is 0 Å². The lowest BCUT2D eigenvalue weighted by atomic mass is 11.5. The van der Waals surface area contributed by atoms with Crippen molar-refractivity contribution in [3.63, 3.8) is 0 Å². The molecule has 2 nitrogen and oxygen atoms in total. The van der Waals surface area contributed by atoms with E-state index in [9.17, 15) is 0 Å². The van der Waals surface area contributed by atoms with Gasteiger partial charge in [-0.1, -0.05) is 0 Å². The SMILES string of the molecule is CO[Si](C)(C)CN. The summed E-state index contributed by atoms with van der Waals surface area (Å²) in [7, 11) is 0.348. The van der Waals surface area contributed by atoms with Crippen LogP contribution < -0.4 is 5.73 Å². The Labute approximate surface area is 45.8 Å². The van der Waals surface area contributed by atoms with E-state index in [1.54, 1.807) is 7.11 Å². The largest absolute Gasteiger partial charge is 0.419 e. The van der Waals surface area contributed by atoms with E-state index in [2.05, 4.69) is 13.1 Å².